The van der Waals surface area contributed by atoms with Crippen LogP contribution in [-0.2, 0) is 0 Å². The number of nitrogens with one attached hydrogen (secondary N) is 2. The van der Waals surface area contributed by atoms with Gasteiger partial charge in [0.2, 0.25) is 0 Å². The standard InChI is InChI=1S/C18H19ClN2O3/c1-12-5-3-4-6-14(12)17(22)20-9-10-21-18(23)15-11-13(19)7-8-16(15)24-2/h3-8,11H,9-10H2,1-2H3,(H,20,22)(H,21,23). The van der Waals surface area contributed by atoms with Crippen LogP contribution in [0.2, 0.25) is 5.02 Å². The molecule has 0 heterocycles. The SMILES string of the molecule is COc1ccc(Cl)cc1C(=O)NCCNC(=O)c1ccccc1C. The summed E-state index contributed by atoms with van der Waals surface area (Å²) in [6.07, 6.45) is 0. The lowest BCUT2D eigenvalue weighted by Gasteiger charge is -2.11. The molecule has 2 amide bonds. The van der Waals surface area contributed by atoms with E-state index in [1.165, 1.54) is 7.11 Å². The first-order valence-electron chi connectivity index (χ1n) is 7.48. The van der Waals surface area contributed by atoms with E-state index in [1.54, 1.807) is 24.3 Å². The lowest BCUT2D eigenvalue weighted by atomic mass is 10.1. The van der Waals surface area contributed by atoms with Gasteiger partial charge >= 0.3 is 0 Å². The van der Waals surface area contributed by atoms with Gasteiger partial charge in [-0.2, -0.15) is 0 Å². The summed E-state index contributed by atoms with van der Waals surface area (Å²) < 4.78 is 5.15. The molecule has 0 spiro atoms. The molecule has 0 saturated carbocycles. The number of hydrogen-bond acceptors (Lipinski definition) is 3. The monoisotopic (exact) mass is 346 g/mol. The first-order chi connectivity index (χ1) is 11.5. The fraction of sp³-hybridized carbons (Fsp3) is 0.222. The third-order valence-electron chi connectivity index (χ3n) is 3.49. The van der Waals surface area contributed by atoms with Crippen molar-refractivity contribution in [2.24, 2.45) is 0 Å². The van der Waals surface area contributed by atoms with Crippen LogP contribution >= 0.6 is 11.6 Å². The lowest BCUT2D eigenvalue weighted by Crippen LogP contribution is -2.35. The summed E-state index contributed by atoms with van der Waals surface area (Å²) >= 11 is 5.91. The fourth-order valence-corrected chi connectivity index (χ4v) is 2.40. The van der Waals surface area contributed by atoms with Crippen molar-refractivity contribution in [3.8, 4) is 5.75 Å². The third kappa shape index (κ3) is 4.49. The van der Waals surface area contributed by atoms with Gasteiger partial charge in [0.1, 0.15) is 5.75 Å². The van der Waals surface area contributed by atoms with Crippen molar-refractivity contribution < 1.29 is 14.3 Å². The molecule has 24 heavy (non-hydrogen) atoms. The smallest absolute Gasteiger partial charge is 0.255 e. The third-order valence-corrected chi connectivity index (χ3v) is 3.73. The molecule has 0 radical (unpaired) electrons. The van der Waals surface area contributed by atoms with Crippen LogP contribution < -0.4 is 15.4 Å². The summed E-state index contributed by atoms with van der Waals surface area (Å²) in [7, 11) is 1.49. The van der Waals surface area contributed by atoms with Crippen molar-refractivity contribution in [3.05, 3.63) is 64.2 Å². The summed E-state index contributed by atoms with van der Waals surface area (Å²) in [5.74, 6) is -0.0250. The van der Waals surface area contributed by atoms with Crippen LogP contribution in [0.3, 0.4) is 0 Å². The molecule has 0 atom stereocenters. The fourth-order valence-electron chi connectivity index (χ4n) is 2.23. The second-order valence-corrected chi connectivity index (χ2v) is 5.61. The van der Waals surface area contributed by atoms with Crippen molar-refractivity contribution in [1.29, 1.82) is 0 Å². The van der Waals surface area contributed by atoms with E-state index in [9.17, 15) is 9.59 Å². The molecule has 0 saturated heterocycles. The molecule has 5 nitrogen and oxygen atoms in total. The number of methoxy groups -OCH3 is 1. The van der Waals surface area contributed by atoms with E-state index < -0.39 is 0 Å². The number of rotatable bonds is 6. The topological polar surface area (TPSA) is 67.4 Å². The van der Waals surface area contributed by atoms with Crippen molar-refractivity contribution in [3.63, 3.8) is 0 Å². The Kier molecular flexibility index (Phi) is 6.21. The molecule has 0 aliphatic rings. The summed E-state index contributed by atoms with van der Waals surface area (Å²) in [4.78, 5) is 24.2. The van der Waals surface area contributed by atoms with Crippen LogP contribution in [-0.4, -0.2) is 32.0 Å². The van der Waals surface area contributed by atoms with E-state index in [1.807, 2.05) is 25.1 Å². The Morgan fingerprint density at radius 1 is 1.00 bits per heavy atom. The first kappa shape index (κ1) is 17.8. The van der Waals surface area contributed by atoms with Gasteiger partial charge in [-0.05, 0) is 36.8 Å². The quantitative estimate of drug-likeness (QED) is 0.790. The van der Waals surface area contributed by atoms with Crippen molar-refractivity contribution in [1.82, 2.24) is 10.6 Å². The highest BCUT2D eigenvalue weighted by atomic mass is 35.5. The minimum Gasteiger partial charge on any atom is -0.496 e. The van der Waals surface area contributed by atoms with Crippen LogP contribution in [0.1, 0.15) is 26.3 Å². The summed E-state index contributed by atoms with van der Waals surface area (Å²) in [6, 6.07) is 12.2. The van der Waals surface area contributed by atoms with E-state index in [-0.39, 0.29) is 11.8 Å². The molecule has 2 aromatic carbocycles. The number of amides is 2. The molecular formula is C18H19ClN2O3. The zero-order valence-corrected chi connectivity index (χ0v) is 14.3. The minimum absolute atomic E-state index is 0.164. The molecule has 126 valence electrons. The number of halogens is 1. The predicted octanol–water partition coefficient (Wildman–Crippen LogP) is 2.82. The predicted molar refractivity (Wildman–Crippen MR) is 93.8 cm³/mol. The molecule has 2 rings (SSSR count). The highest BCUT2D eigenvalue weighted by molar-refractivity contribution is 6.31. The Balaban J connectivity index is 1.86. The maximum absolute atomic E-state index is 12.2. The lowest BCUT2D eigenvalue weighted by molar-refractivity contribution is 0.0925. The Morgan fingerprint density at radius 3 is 2.25 bits per heavy atom. The zero-order valence-electron chi connectivity index (χ0n) is 13.6. The summed E-state index contributed by atoms with van der Waals surface area (Å²) in [5.41, 5.74) is 1.89. The maximum atomic E-state index is 12.2. The largest absolute Gasteiger partial charge is 0.496 e. The molecular weight excluding hydrogens is 328 g/mol. The van der Waals surface area contributed by atoms with Gasteiger partial charge in [-0.3, -0.25) is 9.59 Å². The van der Waals surface area contributed by atoms with Crippen LogP contribution in [0.5, 0.6) is 5.75 Å². The summed E-state index contributed by atoms with van der Waals surface area (Å²) in [5, 5.41) is 5.96. The van der Waals surface area contributed by atoms with Crippen LogP contribution in [0.15, 0.2) is 42.5 Å². The van der Waals surface area contributed by atoms with E-state index in [0.29, 0.717) is 35.0 Å². The van der Waals surface area contributed by atoms with E-state index in [0.717, 1.165) is 5.56 Å². The van der Waals surface area contributed by atoms with Crippen molar-refractivity contribution in [2.45, 2.75) is 6.92 Å². The molecule has 2 N–H and O–H groups in total. The number of hydrogen-bond donors (Lipinski definition) is 2. The molecule has 6 heteroatoms. The molecule has 0 aliphatic carbocycles. The van der Waals surface area contributed by atoms with Gasteiger partial charge < -0.3 is 15.4 Å². The molecule has 0 unspecified atom stereocenters. The van der Waals surface area contributed by atoms with Crippen LogP contribution in [0.25, 0.3) is 0 Å². The second-order valence-electron chi connectivity index (χ2n) is 5.17. The first-order valence-corrected chi connectivity index (χ1v) is 7.86. The van der Waals surface area contributed by atoms with Crippen LogP contribution in [0, 0.1) is 6.92 Å². The number of aryl methyl sites for hydroxylation is 1. The van der Waals surface area contributed by atoms with Crippen molar-refractivity contribution >= 4 is 23.4 Å². The summed E-state index contributed by atoms with van der Waals surface area (Å²) in [6.45, 7) is 2.50. The highest BCUT2D eigenvalue weighted by Crippen LogP contribution is 2.22. The van der Waals surface area contributed by atoms with E-state index >= 15 is 0 Å². The Morgan fingerprint density at radius 2 is 1.62 bits per heavy atom. The van der Waals surface area contributed by atoms with E-state index in [2.05, 4.69) is 10.6 Å². The number of ether oxygens (including phenoxy) is 1. The number of carbonyl (C=O) groups excluding carboxylic acids is 2. The maximum Gasteiger partial charge on any atom is 0.255 e. The average Bonchev–Trinajstić information content (AvgIpc) is 2.58. The van der Waals surface area contributed by atoms with Crippen LogP contribution in [0.4, 0.5) is 0 Å². The van der Waals surface area contributed by atoms with Gasteiger partial charge in [-0.25, -0.2) is 0 Å². The number of carbonyl (C=O) groups is 2. The molecule has 0 fully saturated rings. The van der Waals surface area contributed by atoms with E-state index in [4.69, 9.17) is 16.3 Å². The second kappa shape index (κ2) is 8.36. The van der Waals surface area contributed by atoms with Gasteiger partial charge in [0.05, 0.1) is 12.7 Å². The minimum atomic E-state index is -0.306. The molecule has 0 bridgehead atoms. The van der Waals surface area contributed by atoms with Gasteiger partial charge in [-0.1, -0.05) is 29.8 Å². The molecule has 0 aromatic heterocycles. The Labute approximate surface area is 146 Å². The zero-order chi connectivity index (χ0) is 17.5. The Bertz CT molecular complexity index is 747. The molecule has 2 aromatic rings. The van der Waals surface area contributed by atoms with Gasteiger partial charge in [0.15, 0.2) is 0 Å². The van der Waals surface area contributed by atoms with Gasteiger partial charge in [0, 0.05) is 23.7 Å². The Hall–Kier alpha value is -2.53. The van der Waals surface area contributed by atoms with Gasteiger partial charge in [-0.15, -0.1) is 0 Å². The normalized spacial score (nSPS) is 10.1. The average molecular weight is 347 g/mol. The van der Waals surface area contributed by atoms with Crippen molar-refractivity contribution in [2.75, 3.05) is 20.2 Å². The highest BCUT2D eigenvalue weighted by Gasteiger charge is 2.13. The number of benzene rings is 2. The molecule has 0 aliphatic heterocycles. The van der Waals surface area contributed by atoms with Gasteiger partial charge in [0.25, 0.3) is 11.8 Å².